The number of ether oxygens (including phenoxy) is 1. The predicted octanol–water partition coefficient (Wildman–Crippen LogP) is 2.36. The summed E-state index contributed by atoms with van der Waals surface area (Å²) in [7, 11) is -3.51. The minimum absolute atomic E-state index is 0.0800. The Hall–Kier alpha value is -1.44. The molecule has 0 radical (unpaired) electrons. The van der Waals surface area contributed by atoms with Crippen molar-refractivity contribution in [2.45, 2.75) is 38.0 Å². The molecule has 1 aliphatic rings. The van der Waals surface area contributed by atoms with Crippen LogP contribution < -0.4 is 0 Å². The molecule has 140 valence electrons. The Labute approximate surface area is 150 Å². The number of morpholine rings is 1. The van der Waals surface area contributed by atoms with Gasteiger partial charge in [-0.1, -0.05) is 20.3 Å². The number of sulfonamides is 1. The van der Waals surface area contributed by atoms with Gasteiger partial charge >= 0.3 is 0 Å². The van der Waals surface area contributed by atoms with E-state index in [9.17, 15) is 13.2 Å². The molecule has 25 heavy (non-hydrogen) atoms. The monoisotopic (exact) mass is 368 g/mol. The average molecular weight is 368 g/mol. The van der Waals surface area contributed by atoms with E-state index >= 15 is 0 Å². The van der Waals surface area contributed by atoms with Gasteiger partial charge in [0.15, 0.2) is 0 Å². The summed E-state index contributed by atoms with van der Waals surface area (Å²) in [5, 5.41) is 0. The maximum Gasteiger partial charge on any atom is 0.254 e. The first-order valence-corrected chi connectivity index (χ1v) is 10.4. The van der Waals surface area contributed by atoms with Gasteiger partial charge in [-0.3, -0.25) is 4.79 Å². The zero-order valence-corrected chi connectivity index (χ0v) is 15.9. The third-order valence-electron chi connectivity index (χ3n) is 4.27. The molecule has 0 saturated carbocycles. The van der Waals surface area contributed by atoms with Crippen LogP contribution >= 0.6 is 0 Å². The van der Waals surface area contributed by atoms with Crippen LogP contribution in [0.1, 0.15) is 43.5 Å². The molecule has 0 aromatic heterocycles. The van der Waals surface area contributed by atoms with E-state index < -0.39 is 10.0 Å². The Morgan fingerprint density at radius 2 is 1.72 bits per heavy atom. The van der Waals surface area contributed by atoms with Gasteiger partial charge in [-0.15, -0.1) is 0 Å². The molecule has 0 spiro atoms. The van der Waals surface area contributed by atoms with Crippen LogP contribution in [0.25, 0.3) is 0 Å². The van der Waals surface area contributed by atoms with Gasteiger partial charge < -0.3 is 9.64 Å². The quantitative estimate of drug-likeness (QED) is 0.706. The Kier molecular flexibility index (Phi) is 7.40. The lowest BCUT2D eigenvalue weighted by molar-refractivity contribution is 0.0303. The molecule has 1 fully saturated rings. The number of carbonyl (C=O) groups excluding carboxylic acids is 1. The number of rotatable bonds is 8. The summed E-state index contributed by atoms with van der Waals surface area (Å²) in [6, 6.07) is 6.29. The number of hydrogen-bond donors (Lipinski definition) is 0. The maximum atomic E-state index is 12.8. The second-order valence-corrected chi connectivity index (χ2v) is 8.12. The standard InChI is InChI=1S/C18H28N2O4S/c1-3-5-11-20(10-4-2)25(22,23)17-8-6-16(7-9-17)18(21)19-12-14-24-15-13-19/h6-9H,3-5,10-15H2,1-2H3. The molecule has 1 amide bonds. The maximum absolute atomic E-state index is 12.8. The summed E-state index contributed by atoms with van der Waals surface area (Å²) >= 11 is 0. The summed E-state index contributed by atoms with van der Waals surface area (Å²) in [4.78, 5) is 14.4. The van der Waals surface area contributed by atoms with Crippen LogP contribution in [-0.4, -0.2) is 62.9 Å². The largest absolute Gasteiger partial charge is 0.378 e. The third kappa shape index (κ3) is 5.03. The highest BCUT2D eigenvalue weighted by molar-refractivity contribution is 7.89. The first kappa shape index (κ1) is 19.9. The van der Waals surface area contributed by atoms with E-state index in [0.29, 0.717) is 45.0 Å². The average Bonchev–Trinajstić information content (AvgIpc) is 2.65. The number of benzene rings is 1. The summed E-state index contributed by atoms with van der Waals surface area (Å²) in [5.74, 6) is -0.0800. The normalized spacial score (nSPS) is 15.6. The smallest absolute Gasteiger partial charge is 0.254 e. The molecule has 0 N–H and O–H groups in total. The van der Waals surface area contributed by atoms with Crippen LogP contribution in [0, 0.1) is 0 Å². The van der Waals surface area contributed by atoms with E-state index in [-0.39, 0.29) is 10.8 Å². The fourth-order valence-electron chi connectivity index (χ4n) is 2.80. The van der Waals surface area contributed by atoms with Crippen LogP contribution in [0.3, 0.4) is 0 Å². The van der Waals surface area contributed by atoms with Crippen LogP contribution in [0.15, 0.2) is 29.2 Å². The number of unbranched alkanes of at least 4 members (excludes halogenated alkanes) is 1. The van der Waals surface area contributed by atoms with Crippen LogP contribution in [0.2, 0.25) is 0 Å². The molecular formula is C18H28N2O4S. The van der Waals surface area contributed by atoms with E-state index in [1.165, 1.54) is 16.4 Å². The van der Waals surface area contributed by atoms with Crippen molar-refractivity contribution >= 4 is 15.9 Å². The lowest BCUT2D eigenvalue weighted by Gasteiger charge is -2.27. The number of nitrogens with zero attached hydrogens (tertiary/aromatic N) is 2. The predicted molar refractivity (Wildman–Crippen MR) is 97.1 cm³/mol. The van der Waals surface area contributed by atoms with Crippen molar-refractivity contribution in [3.05, 3.63) is 29.8 Å². The van der Waals surface area contributed by atoms with Gasteiger partial charge in [-0.2, -0.15) is 4.31 Å². The van der Waals surface area contributed by atoms with Crippen molar-refractivity contribution in [2.75, 3.05) is 39.4 Å². The third-order valence-corrected chi connectivity index (χ3v) is 6.18. The molecule has 1 saturated heterocycles. The summed E-state index contributed by atoms with van der Waals surface area (Å²) < 4.78 is 32.4. The van der Waals surface area contributed by atoms with E-state index in [2.05, 4.69) is 0 Å². The number of amides is 1. The molecule has 1 aromatic carbocycles. The topological polar surface area (TPSA) is 66.9 Å². The zero-order valence-electron chi connectivity index (χ0n) is 15.1. The van der Waals surface area contributed by atoms with Crippen molar-refractivity contribution < 1.29 is 17.9 Å². The van der Waals surface area contributed by atoms with Crippen molar-refractivity contribution in [1.29, 1.82) is 0 Å². The lowest BCUT2D eigenvalue weighted by atomic mass is 10.2. The molecule has 0 atom stereocenters. The minimum Gasteiger partial charge on any atom is -0.378 e. The van der Waals surface area contributed by atoms with Crippen molar-refractivity contribution in [2.24, 2.45) is 0 Å². The van der Waals surface area contributed by atoms with Crippen molar-refractivity contribution in [1.82, 2.24) is 9.21 Å². The summed E-state index contributed by atoms with van der Waals surface area (Å²) in [6.07, 6.45) is 2.56. The second kappa shape index (κ2) is 9.31. The van der Waals surface area contributed by atoms with Gasteiger partial charge in [-0.05, 0) is 37.1 Å². The summed E-state index contributed by atoms with van der Waals surface area (Å²) in [5.41, 5.74) is 0.511. The SMILES string of the molecule is CCCCN(CCC)S(=O)(=O)c1ccc(C(=O)N2CCOCC2)cc1. The first-order chi connectivity index (χ1) is 12.0. The van der Waals surface area contributed by atoms with Gasteiger partial charge in [0.2, 0.25) is 10.0 Å². The first-order valence-electron chi connectivity index (χ1n) is 8.98. The molecule has 7 heteroatoms. The molecular weight excluding hydrogens is 340 g/mol. The van der Waals surface area contributed by atoms with Crippen molar-refractivity contribution in [3.63, 3.8) is 0 Å². The summed E-state index contributed by atoms with van der Waals surface area (Å²) in [6.45, 7) is 7.28. The molecule has 2 rings (SSSR count). The van der Waals surface area contributed by atoms with Crippen LogP contribution in [0.5, 0.6) is 0 Å². The second-order valence-electron chi connectivity index (χ2n) is 6.19. The fraction of sp³-hybridized carbons (Fsp3) is 0.611. The molecule has 0 unspecified atom stereocenters. The number of hydrogen-bond acceptors (Lipinski definition) is 4. The van der Waals surface area contributed by atoms with Gasteiger partial charge in [0.1, 0.15) is 0 Å². The van der Waals surface area contributed by atoms with E-state index in [1.807, 2.05) is 13.8 Å². The van der Waals surface area contributed by atoms with Gasteiger partial charge in [0, 0.05) is 31.7 Å². The van der Waals surface area contributed by atoms with Crippen LogP contribution in [0.4, 0.5) is 0 Å². The van der Waals surface area contributed by atoms with E-state index in [1.54, 1.807) is 17.0 Å². The minimum atomic E-state index is -3.51. The van der Waals surface area contributed by atoms with Gasteiger partial charge in [0.05, 0.1) is 18.1 Å². The van der Waals surface area contributed by atoms with E-state index in [4.69, 9.17) is 4.74 Å². The highest BCUT2D eigenvalue weighted by Gasteiger charge is 2.24. The molecule has 0 bridgehead atoms. The van der Waals surface area contributed by atoms with E-state index in [0.717, 1.165) is 19.3 Å². The number of carbonyl (C=O) groups is 1. The molecule has 1 aliphatic heterocycles. The highest BCUT2D eigenvalue weighted by atomic mass is 32.2. The Bertz CT molecular complexity index is 652. The molecule has 0 aliphatic carbocycles. The zero-order chi connectivity index (χ0) is 18.3. The van der Waals surface area contributed by atoms with Crippen LogP contribution in [-0.2, 0) is 14.8 Å². The molecule has 1 heterocycles. The highest BCUT2D eigenvalue weighted by Crippen LogP contribution is 2.18. The van der Waals surface area contributed by atoms with Gasteiger partial charge in [0.25, 0.3) is 5.91 Å². The Morgan fingerprint density at radius 1 is 1.08 bits per heavy atom. The Balaban J connectivity index is 2.14. The molecule has 1 aromatic rings. The van der Waals surface area contributed by atoms with Gasteiger partial charge in [-0.25, -0.2) is 8.42 Å². The lowest BCUT2D eigenvalue weighted by Crippen LogP contribution is -2.40. The Morgan fingerprint density at radius 3 is 2.28 bits per heavy atom. The fourth-order valence-corrected chi connectivity index (χ4v) is 4.37. The van der Waals surface area contributed by atoms with Crippen molar-refractivity contribution in [3.8, 4) is 0 Å². The molecule has 6 nitrogen and oxygen atoms in total.